The molecule has 25 heavy (non-hydrogen) atoms. The van der Waals surface area contributed by atoms with Gasteiger partial charge in [-0.1, -0.05) is 20.8 Å². The van der Waals surface area contributed by atoms with Crippen LogP contribution in [0.25, 0.3) is 0 Å². The van der Waals surface area contributed by atoms with Gasteiger partial charge in [0.15, 0.2) is 0 Å². The summed E-state index contributed by atoms with van der Waals surface area (Å²) in [7, 11) is 0. The van der Waals surface area contributed by atoms with Crippen LogP contribution in [0.5, 0.6) is 0 Å². The van der Waals surface area contributed by atoms with Crippen LogP contribution < -0.4 is 0 Å². The van der Waals surface area contributed by atoms with Crippen LogP contribution in [0.2, 0.25) is 0 Å². The van der Waals surface area contributed by atoms with E-state index in [1.807, 2.05) is 13.8 Å². The van der Waals surface area contributed by atoms with Crippen molar-refractivity contribution in [2.75, 3.05) is 0 Å². The lowest BCUT2D eigenvalue weighted by molar-refractivity contribution is -0.391. The Bertz CT molecular complexity index is 499. The van der Waals surface area contributed by atoms with Gasteiger partial charge in [0.05, 0.1) is 5.92 Å². The zero-order chi connectivity index (χ0) is 19.4. The molecule has 9 heteroatoms. The minimum absolute atomic E-state index is 0.102. The first-order valence-electron chi connectivity index (χ1n) is 8.32. The number of fused-ring (bicyclic) bond motifs is 2. The smallest absolute Gasteiger partial charge is 0.430 e. The number of halogens is 6. The lowest BCUT2D eigenvalue weighted by atomic mass is 9.76. The van der Waals surface area contributed by atoms with Crippen LogP contribution in [-0.4, -0.2) is 35.1 Å². The molecule has 6 unspecified atom stereocenters. The fraction of sp³-hybridized carbons (Fsp3) is 0.938. The van der Waals surface area contributed by atoms with E-state index in [0.717, 1.165) is 13.3 Å². The molecule has 0 spiro atoms. The molecule has 0 aliphatic heterocycles. The minimum Gasteiger partial charge on any atom is -0.458 e. The Balaban J connectivity index is 2.20. The lowest BCUT2D eigenvalue weighted by Gasteiger charge is -2.39. The Kier molecular flexibility index (Phi) is 5.13. The third-order valence-electron chi connectivity index (χ3n) is 6.16. The largest absolute Gasteiger partial charge is 0.458 e. The van der Waals surface area contributed by atoms with Crippen molar-refractivity contribution in [2.24, 2.45) is 29.6 Å². The molecule has 2 saturated carbocycles. The van der Waals surface area contributed by atoms with Crippen molar-refractivity contribution in [1.82, 2.24) is 0 Å². The van der Waals surface area contributed by atoms with Crippen LogP contribution in [0.15, 0.2) is 0 Å². The highest BCUT2D eigenvalue weighted by Gasteiger charge is 2.75. The Morgan fingerprint density at radius 1 is 1.08 bits per heavy atom. The average molecular weight is 376 g/mol. The van der Waals surface area contributed by atoms with Crippen LogP contribution in [0, 0.1) is 29.6 Å². The Hall–Kier alpha value is -0.990. The van der Waals surface area contributed by atoms with Gasteiger partial charge in [-0.05, 0) is 42.9 Å². The SMILES string of the molecule is CCC(OC(=O)C1CC2CC1C(C)C2C)C(O)(C(F)(F)F)C(F)(F)F. The van der Waals surface area contributed by atoms with E-state index >= 15 is 0 Å². The van der Waals surface area contributed by atoms with Crippen LogP contribution in [0.3, 0.4) is 0 Å². The molecule has 2 aliphatic carbocycles. The van der Waals surface area contributed by atoms with E-state index < -0.39 is 42.4 Å². The van der Waals surface area contributed by atoms with Gasteiger partial charge < -0.3 is 9.84 Å². The lowest BCUT2D eigenvalue weighted by Crippen LogP contribution is -2.65. The van der Waals surface area contributed by atoms with Gasteiger partial charge in [-0.2, -0.15) is 26.3 Å². The molecular formula is C16H22F6O3. The van der Waals surface area contributed by atoms with Crippen molar-refractivity contribution in [3.8, 4) is 0 Å². The molecule has 0 radical (unpaired) electrons. The summed E-state index contributed by atoms with van der Waals surface area (Å²) in [5.74, 6) is -1.16. The predicted octanol–water partition coefficient (Wildman–Crippen LogP) is 4.09. The maximum atomic E-state index is 13.0. The van der Waals surface area contributed by atoms with Gasteiger partial charge in [0.25, 0.3) is 5.60 Å². The maximum Gasteiger partial charge on any atom is 0.430 e. The number of hydrogen-bond donors (Lipinski definition) is 1. The van der Waals surface area contributed by atoms with Crippen molar-refractivity contribution in [3.05, 3.63) is 0 Å². The summed E-state index contributed by atoms with van der Waals surface area (Å²) >= 11 is 0. The maximum absolute atomic E-state index is 13.0. The molecule has 6 atom stereocenters. The van der Waals surface area contributed by atoms with Gasteiger partial charge in [0, 0.05) is 0 Å². The predicted molar refractivity (Wildman–Crippen MR) is 75.3 cm³/mol. The third-order valence-corrected chi connectivity index (χ3v) is 6.16. The van der Waals surface area contributed by atoms with Gasteiger partial charge in [0.2, 0.25) is 0 Å². The van der Waals surface area contributed by atoms with Gasteiger partial charge in [0.1, 0.15) is 6.10 Å². The molecule has 0 aromatic carbocycles. The quantitative estimate of drug-likeness (QED) is 0.594. The number of rotatable bonds is 4. The topological polar surface area (TPSA) is 46.5 Å². The van der Waals surface area contributed by atoms with Gasteiger partial charge in [-0.3, -0.25) is 4.79 Å². The van der Waals surface area contributed by atoms with Crippen LogP contribution >= 0.6 is 0 Å². The van der Waals surface area contributed by atoms with E-state index in [2.05, 4.69) is 4.74 Å². The van der Waals surface area contributed by atoms with Crippen molar-refractivity contribution < 1.29 is 41.0 Å². The van der Waals surface area contributed by atoms with Crippen LogP contribution in [0.4, 0.5) is 26.3 Å². The standard InChI is InChI=1S/C16H22F6O3/c1-4-12(14(24,15(17,18)19)16(20,21)22)25-13(23)11-6-9-5-10(11)8(3)7(9)2/h7-12,24H,4-6H2,1-3H3. The fourth-order valence-electron chi connectivity index (χ4n) is 4.43. The van der Waals surface area contributed by atoms with E-state index in [1.165, 1.54) is 0 Å². The molecule has 0 heterocycles. The summed E-state index contributed by atoms with van der Waals surface area (Å²) in [6, 6.07) is 0. The van der Waals surface area contributed by atoms with E-state index in [-0.39, 0.29) is 17.8 Å². The molecule has 2 bridgehead atoms. The molecule has 2 aliphatic rings. The minimum atomic E-state index is -6.01. The second kappa shape index (κ2) is 6.32. The summed E-state index contributed by atoms with van der Waals surface area (Å²) in [6.45, 7) is 4.96. The summed E-state index contributed by atoms with van der Waals surface area (Å²) < 4.78 is 82.4. The van der Waals surface area contributed by atoms with E-state index in [0.29, 0.717) is 12.3 Å². The molecular weight excluding hydrogens is 354 g/mol. The number of alkyl halides is 6. The number of esters is 1. The highest BCUT2D eigenvalue weighted by Crippen LogP contribution is 2.55. The van der Waals surface area contributed by atoms with Crippen LogP contribution in [0.1, 0.15) is 40.0 Å². The van der Waals surface area contributed by atoms with Gasteiger partial charge in [-0.25, -0.2) is 0 Å². The molecule has 2 rings (SSSR count). The van der Waals surface area contributed by atoms with Gasteiger partial charge in [-0.15, -0.1) is 0 Å². The molecule has 1 N–H and O–H groups in total. The van der Waals surface area contributed by atoms with Crippen molar-refractivity contribution >= 4 is 5.97 Å². The first-order chi connectivity index (χ1) is 11.3. The number of carbonyl (C=O) groups excluding carboxylic acids is 1. The number of hydrogen-bond acceptors (Lipinski definition) is 3. The zero-order valence-corrected chi connectivity index (χ0v) is 14.1. The van der Waals surface area contributed by atoms with E-state index in [9.17, 15) is 36.2 Å². The highest BCUT2D eigenvalue weighted by atomic mass is 19.4. The number of ether oxygens (including phenoxy) is 1. The third kappa shape index (κ3) is 3.13. The molecule has 0 amide bonds. The zero-order valence-electron chi connectivity index (χ0n) is 14.1. The molecule has 146 valence electrons. The summed E-state index contributed by atoms with van der Waals surface area (Å²) in [5.41, 5.74) is -5.08. The van der Waals surface area contributed by atoms with Crippen LogP contribution in [-0.2, 0) is 9.53 Å². The summed E-state index contributed by atoms with van der Waals surface area (Å²) in [6.07, 6.45) is -14.4. The molecule has 0 aromatic heterocycles. The second-order valence-corrected chi connectivity index (χ2v) is 7.32. The fourth-order valence-corrected chi connectivity index (χ4v) is 4.43. The average Bonchev–Trinajstić information content (AvgIpc) is 3.02. The van der Waals surface area contributed by atoms with Gasteiger partial charge >= 0.3 is 18.3 Å². The molecule has 0 saturated heterocycles. The Morgan fingerprint density at radius 3 is 1.96 bits per heavy atom. The van der Waals surface area contributed by atoms with Crippen molar-refractivity contribution in [2.45, 2.75) is 64.1 Å². The highest BCUT2D eigenvalue weighted by molar-refractivity contribution is 5.74. The number of aliphatic hydroxyl groups is 1. The first-order valence-corrected chi connectivity index (χ1v) is 8.32. The van der Waals surface area contributed by atoms with E-state index in [1.54, 1.807) is 0 Å². The number of carbonyl (C=O) groups is 1. The summed E-state index contributed by atoms with van der Waals surface area (Å²) in [4.78, 5) is 12.3. The molecule has 3 nitrogen and oxygen atoms in total. The van der Waals surface area contributed by atoms with Crippen molar-refractivity contribution in [1.29, 1.82) is 0 Å². The summed E-state index contributed by atoms with van der Waals surface area (Å²) in [5, 5.41) is 9.43. The monoisotopic (exact) mass is 376 g/mol. The van der Waals surface area contributed by atoms with Crippen molar-refractivity contribution in [3.63, 3.8) is 0 Å². The Labute approximate surface area is 141 Å². The second-order valence-electron chi connectivity index (χ2n) is 7.32. The molecule has 0 aromatic rings. The first kappa shape index (κ1) is 20.3. The van der Waals surface area contributed by atoms with E-state index in [4.69, 9.17) is 0 Å². The Morgan fingerprint density at radius 2 is 1.60 bits per heavy atom. The normalized spacial score (nSPS) is 34.2. The molecule has 2 fully saturated rings.